The minimum Gasteiger partial charge on any atom is -0.481 e. The molecule has 0 radical (unpaired) electrons. The van der Waals surface area contributed by atoms with E-state index in [9.17, 15) is 9.59 Å². The van der Waals surface area contributed by atoms with E-state index in [-0.39, 0.29) is 12.4 Å². The number of carbonyl (C=O) groups is 2. The molecule has 0 aromatic heterocycles. The Hall–Kier alpha value is -1.10. The predicted molar refractivity (Wildman–Crippen MR) is 152 cm³/mol. The van der Waals surface area contributed by atoms with Crippen LogP contribution in [0.3, 0.4) is 0 Å². The maximum Gasteiger partial charge on any atom is 0.307 e. The molecule has 0 spiro atoms. The standard InChI is InChI=1S/C31H61NO4/c1-6-7-8-9-10-14-17-20-23-28(2)24-21-18-15-12-11-13-16-19-22-25-31(35)36-29(26-30(33)34)27-32(3,4)5/h28-29H,6-27H2,1-5H3/p+1. The van der Waals surface area contributed by atoms with Crippen molar-refractivity contribution >= 4 is 11.9 Å². The minimum absolute atomic E-state index is 0.126. The Labute approximate surface area is 224 Å². The molecule has 0 amide bonds. The van der Waals surface area contributed by atoms with Crippen LogP contribution in [-0.4, -0.2) is 55.3 Å². The van der Waals surface area contributed by atoms with Crippen LogP contribution in [0.2, 0.25) is 0 Å². The molecule has 0 bridgehead atoms. The Bertz CT molecular complexity index is 529. The summed E-state index contributed by atoms with van der Waals surface area (Å²) in [5.74, 6) is -0.287. The van der Waals surface area contributed by atoms with Crippen LogP contribution < -0.4 is 0 Å². The fourth-order valence-electron chi connectivity index (χ4n) is 4.96. The van der Waals surface area contributed by atoms with Gasteiger partial charge in [-0.25, -0.2) is 0 Å². The summed E-state index contributed by atoms with van der Waals surface area (Å²) < 4.78 is 6.02. The molecule has 0 aliphatic heterocycles. The molecule has 36 heavy (non-hydrogen) atoms. The van der Waals surface area contributed by atoms with Crippen molar-refractivity contribution in [3.63, 3.8) is 0 Å². The van der Waals surface area contributed by atoms with E-state index in [1.165, 1.54) is 109 Å². The highest BCUT2D eigenvalue weighted by molar-refractivity contribution is 5.71. The highest BCUT2D eigenvalue weighted by Crippen LogP contribution is 2.19. The first-order valence-electron chi connectivity index (χ1n) is 15.4. The number of likely N-dealkylation sites (N-methyl/N-ethyl adjacent to an activating group) is 1. The molecule has 0 aliphatic carbocycles. The van der Waals surface area contributed by atoms with Crippen LogP contribution in [0.1, 0.15) is 149 Å². The highest BCUT2D eigenvalue weighted by Gasteiger charge is 2.24. The van der Waals surface area contributed by atoms with E-state index in [0.29, 0.717) is 17.4 Å². The van der Waals surface area contributed by atoms with Crippen molar-refractivity contribution in [3.05, 3.63) is 0 Å². The maximum atomic E-state index is 12.1. The topological polar surface area (TPSA) is 63.6 Å². The van der Waals surface area contributed by atoms with Crippen LogP contribution in [0.25, 0.3) is 0 Å². The Balaban J connectivity index is 3.53. The summed E-state index contributed by atoms with van der Waals surface area (Å²) in [4.78, 5) is 23.2. The van der Waals surface area contributed by atoms with E-state index in [2.05, 4.69) is 13.8 Å². The van der Waals surface area contributed by atoms with E-state index in [1.54, 1.807) is 0 Å². The minimum atomic E-state index is -0.922. The second-order valence-corrected chi connectivity index (χ2v) is 12.3. The van der Waals surface area contributed by atoms with E-state index in [4.69, 9.17) is 9.84 Å². The summed E-state index contributed by atoms with van der Waals surface area (Å²) in [5.41, 5.74) is 0. The lowest BCUT2D eigenvalue weighted by atomic mass is 9.95. The molecule has 0 saturated carbocycles. The van der Waals surface area contributed by atoms with Crippen molar-refractivity contribution in [1.29, 1.82) is 0 Å². The van der Waals surface area contributed by atoms with Crippen LogP contribution in [0.5, 0.6) is 0 Å². The van der Waals surface area contributed by atoms with Crippen LogP contribution >= 0.6 is 0 Å². The van der Waals surface area contributed by atoms with Gasteiger partial charge in [-0.1, -0.05) is 129 Å². The summed E-state index contributed by atoms with van der Waals surface area (Å²) in [5, 5.41) is 9.06. The van der Waals surface area contributed by atoms with E-state index in [1.807, 2.05) is 21.1 Å². The van der Waals surface area contributed by atoms with Crippen LogP contribution in [0, 0.1) is 5.92 Å². The number of unbranched alkanes of at least 4 members (excludes halogenated alkanes) is 15. The molecule has 1 N–H and O–H groups in total. The summed E-state index contributed by atoms with van der Waals surface area (Å²) >= 11 is 0. The monoisotopic (exact) mass is 512 g/mol. The van der Waals surface area contributed by atoms with Gasteiger partial charge >= 0.3 is 11.9 Å². The summed E-state index contributed by atoms with van der Waals surface area (Å²) in [7, 11) is 5.92. The van der Waals surface area contributed by atoms with Crippen molar-refractivity contribution in [2.24, 2.45) is 5.92 Å². The number of esters is 1. The Morgan fingerprint density at radius 3 is 1.53 bits per heavy atom. The normalized spacial score (nSPS) is 13.5. The fraction of sp³-hybridized carbons (Fsp3) is 0.935. The molecule has 2 unspecified atom stereocenters. The summed E-state index contributed by atoms with van der Waals surface area (Å²) in [6.07, 6.45) is 24.9. The SMILES string of the molecule is CCCCCCCCCCC(C)CCCCCCCCCCCC(=O)OC(CC(=O)O)C[N+](C)(C)C. The number of carbonyl (C=O) groups excluding carboxylic acids is 1. The molecule has 2 atom stereocenters. The molecule has 0 aliphatic rings. The molecule has 5 heteroatoms. The number of hydrogen-bond acceptors (Lipinski definition) is 3. The lowest BCUT2D eigenvalue weighted by molar-refractivity contribution is -0.873. The van der Waals surface area contributed by atoms with Gasteiger partial charge in [0.15, 0.2) is 6.10 Å². The van der Waals surface area contributed by atoms with Gasteiger partial charge in [0, 0.05) is 6.42 Å². The second-order valence-electron chi connectivity index (χ2n) is 12.3. The van der Waals surface area contributed by atoms with Gasteiger partial charge < -0.3 is 14.3 Å². The third-order valence-electron chi connectivity index (χ3n) is 7.08. The lowest BCUT2D eigenvalue weighted by Crippen LogP contribution is -2.43. The molecular formula is C31H62NO4+. The van der Waals surface area contributed by atoms with Gasteiger partial charge in [0.1, 0.15) is 6.54 Å². The number of nitrogens with zero attached hydrogens (tertiary/aromatic N) is 1. The molecule has 0 rings (SSSR count). The number of quaternary nitrogens is 1. The number of carboxylic acid groups (broad SMARTS) is 1. The average Bonchev–Trinajstić information content (AvgIpc) is 2.77. The second kappa shape index (κ2) is 23.0. The molecular weight excluding hydrogens is 450 g/mol. The smallest absolute Gasteiger partial charge is 0.307 e. The average molecular weight is 513 g/mol. The Kier molecular flexibility index (Phi) is 22.3. The van der Waals surface area contributed by atoms with Gasteiger partial charge in [0.2, 0.25) is 0 Å². The van der Waals surface area contributed by atoms with Crippen LogP contribution in [-0.2, 0) is 14.3 Å². The fourth-order valence-corrected chi connectivity index (χ4v) is 4.96. The third-order valence-corrected chi connectivity index (χ3v) is 7.08. The molecule has 0 saturated heterocycles. The molecule has 214 valence electrons. The first kappa shape index (κ1) is 34.9. The quantitative estimate of drug-likeness (QED) is 0.0716. The molecule has 0 aromatic carbocycles. The zero-order valence-electron chi connectivity index (χ0n) is 24.8. The molecule has 5 nitrogen and oxygen atoms in total. The summed E-state index contributed by atoms with van der Waals surface area (Å²) in [6.45, 7) is 5.23. The predicted octanol–water partition coefficient (Wildman–Crippen LogP) is 8.54. The Morgan fingerprint density at radius 1 is 0.694 bits per heavy atom. The van der Waals surface area contributed by atoms with Gasteiger partial charge in [-0.3, -0.25) is 9.59 Å². The van der Waals surface area contributed by atoms with E-state index < -0.39 is 12.1 Å². The van der Waals surface area contributed by atoms with Crippen LogP contribution in [0.4, 0.5) is 0 Å². The van der Waals surface area contributed by atoms with Crippen molar-refractivity contribution in [2.45, 2.75) is 155 Å². The van der Waals surface area contributed by atoms with Gasteiger partial charge in [0.25, 0.3) is 0 Å². The van der Waals surface area contributed by atoms with Crippen molar-refractivity contribution in [1.82, 2.24) is 0 Å². The zero-order chi connectivity index (χ0) is 27.1. The lowest BCUT2D eigenvalue weighted by Gasteiger charge is -2.28. The first-order valence-corrected chi connectivity index (χ1v) is 15.4. The number of ether oxygens (including phenoxy) is 1. The molecule has 0 fully saturated rings. The third kappa shape index (κ3) is 26.0. The van der Waals surface area contributed by atoms with Crippen molar-refractivity contribution < 1.29 is 23.9 Å². The molecule has 0 heterocycles. The van der Waals surface area contributed by atoms with Crippen molar-refractivity contribution in [2.75, 3.05) is 27.7 Å². The van der Waals surface area contributed by atoms with E-state index >= 15 is 0 Å². The van der Waals surface area contributed by atoms with Gasteiger partial charge in [0.05, 0.1) is 27.6 Å². The van der Waals surface area contributed by atoms with Gasteiger partial charge in [-0.05, 0) is 12.3 Å². The number of rotatable bonds is 26. The maximum absolute atomic E-state index is 12.1. The van der Waals surface area contributed by atoms with Crippen LogP contribution in [0.15, 0.2) is 0 Å². The van der Waals surface area contributed by atoms with Crippen molar-refractivity contribution in [3.8, 4) is 0 Å². The highest BCUT2D eigenvalue weighted by atomic mass is 16.5. The summed E-state index contributed by atoms with van der Waals surface area (Å²) in [6, 6.07) is 0. The van der Waals surface area contributed by atoms with E-state index in [0.717, 1.165) is 18.8 Å². The number of aliphatic carboxylic acids is 1. The molecule has 0 aromatic rings. The van der Waals surface area contributed by atoms with Gasteiger partial charge in [-0.2, -0.15) is 0 Å². The number of hydrogen-bond donors (Lipinski definition) is 1. The zero-order valence-corrected chi connectivity index (χ0v) is 24.8. The van der Waals surface area contributed by atoms with Gasteiger partial charge in [-0.15, -0.1) is 0 Å². The largest absolute Gasteiger partial charge is 0.481 e. The Morgan fingerprint density at radius 2 is 1.11 bits per heavy atom. The number of carboxylic acids is 1. The first-order chi connectivity index (χ1) is 17.1.